The molecular formula is C25H33N3O2. The molecule has 5 nitrogen and oxygen atoms in total. The highest BCUT2D eigenvalue weighted by Gasteiger charge is 2.12. The van der Waals surface area contributed by atoms with Gasteiger partial charge in [-0.05, 0) is 43.0 Å². The van der Waals surface area contributed by atoms with Crippen molar-refractivity contribution in [2.45, 2.75) is 52.5 Å². The third-order valence-corrected chi connectivity index (χ3v) is 5.44. The summed E-state index contributed by atoms with van der Waals surface area (Å²) in [4.78, 5) is 16.8. The van der Waals surface area contributed by atoms with Crippen molar-refractivity contribution in [3.8, 4) is 5.75 Å². The SMILES string of the molecule is CCC(C)Cn1c(CCCCCNC(=O)COc2ccccc2)nc2ccccc21. The van der Waals surface area contributed by atoms with E-state index in [1.807, 2.05) is 30.3 Å². The van der Waals surface area contributed by atoms with Crippen LogP contribution in [0.3, 0.4) is 0 Å². The lowest BCUT2D eigenvalue weighted by molar-refractivity contribution is -0.123. The van der Waals surface area contributed by atoms with Crippen LogP contribution in [0.15, 0.2) is 54.6 Å². The molecule has 0 aliphatic rings. The number of nitrogens with one attached hydrogen (secondary N) is 1. The molecule has 0 fully saturated rings. The molecule has 0 spiro atoms. The number of para-hydroxylation sites is 3. The Kier molecular flexibility index (Phi) is 8.30. The van der Waals surface area contributed by atoms with Crippen molar-refractivity contribution < 1.29 is 9.53 Å². The summed E-state index contributed by atoms with van der Waals surface area (Å²) in [6.07, 6.45) is 5.23. The number of ether oxygens (including phenoxy) is 1. The minimum atomic E-state index is -0.0748. The average Bonchev–Trinajstić information content (AvgIpc) is 3.12. The number of benzene rings is 2. The van der Waals surface area contributed by atoms with Crippen LogP contribution in [0.2, 0.25) is 0 Å². The predicted molar refractivity (Wildman–Crippen MR) is 122 cm³/mol. The molecule has 0 bridgehead atoms. The number of aromatic nitrogens is 2. The van der Waals surface area contributed by atoms with E-state index in [0.717, 1.165) is 37.7 Å². The molecule has 3 rings (SSSR count). The summed E-state index contributed by atoms with van der Waals surface area (Å²) in [5.74, 6) is 2.45. The van der Waals surface area contributed by atoms with Gasteiger partial charge in [-0.2, -0.15) is 0 Å². The van der Waals surface area contributed by atoms with Gasteiger partial charge < -0.3 is 14.6 Å². The highest BCUT2D eigenvalue weighted by atomic mass is 16.5. The van der Waals surface area contributed by atoms with Crippen molar-refractivity contribution in [1.29, 1.82) is 0 Å². The van der Waals surface area contributed by atoms with E-state index in [2.05, 4.69) is 48.0 Å². The van der Waals surface area contributed by atoms with E-state index in [9.17, 15) is 4.79 Å². The molecule has 1 atom stereocenters. The van der Waals surface area contributed by atoms with Crippen LogP contribution < -0.4 is 10.1 Å². The Morgan fingerprint density at radius 2 is 1.83 bits per heavy atom. The minimum absolute atomic E-state index is 0.0592. The number of hydrogen-bond acceptors (Lipinski definition) is 3. The Balaban J connectivity index is 1.39. The first-order chi connectivity index (χ1) is 14.7. The van der Waals surface area contributed by atoms with E-state index in [0.29, 0.717) is 18.2 Å². The second-order valence-electron chi connectivity index (χ2n) is 7.90. The lowest BCUT2D eigenvalue weighted by atomic mass is 10.1. The number of unbranched alkanes of at least 4 members (excludes halogenated alkanes) is 2. The Morgan fingerprint density at radius 1 is 1.07 bits per heavy atom. The molecule has 0 aliphatic carbocycles. The first-order valence-corrected chi connectivity index (χ1v) is 11.1. The number of imidazole rings is 1. The van der Waals surface area contributed by atoms with Crippen LogP contribution in [-0.2, 0) is 17.8 Å². The molecule has 160 valence electrons. The van der Waals surface area contributed by atoms with Gasteiger partial charge in [0.15, 0.2) is 6.61 Å². The number of rotatable bonds is 12. The van der Waals surface area contributed by atoms with Crippen molar-refractivity contribution in [2.24, 2.45) is 5.92 Å². The van der Waals surface area contributed by atoms with Crippen molar-refractivity contribution >= 4 is 16.9 Å². The van der Waals surface area contributed by atoms with E-state index in [4.69, 9.17) is 9.72 Å². The molecule has 1 amide bonds. The molecule has 3 aromatic rings. The first-order valence-electron chi connectivity index (χ1n) is 11.1. The van der Waals surface area contributed by atoms with Gasteiger partial charge in [0, 0.05) is 19.5 Å². The zero-order valence-corrected chi connectivity index (χ0v) is 18.1. The van der Waals surface area contributed by atoms with Crippen molar-refractivity contribution in [3.63, 3.8) is 0 Å². The number of fused-ring (bicyclic) bond motifs is 1. The van der Waals surface area contributed by atoms with Gasteiger partial charge in [0.05, 0.1) is 11.0 Å². The number of nitrogens with zero attached hydrogens (tertiary/aromatic N) is 2. The predicted octanol–water partition coefficient (Wildman–Crippen LogP) is 4.99. The third-order valence-electron chi connectivity index (χ3n) is 5.44. The number of carbonyl (C=O) groups is 1. The largest absolute Gasteiger partial charge is 0.484 e. The molecule has 2 aromatic carbocycles. The Labute approximate surface area is 179 Å². The molecule has 0 saturated carbocycles. The van der Waals surface area contributed by atoms with Gasteiger partial charge >= 0.3 is 0 Å². The normalized spacial score (nSPS) is 12.1. The van der Waals surface area contributed by atoms with E-state index >= 15 is 0 Å². The molecule has 1 N–H and O–H groups in total. The first kappa shape index (κ1) is 21.9. The molecule has 0 radical (unpaired) electrons. The van der Waals surface area contributed by atoms with Gasteiger partial charge in [0.25, 0.3) is 5.91 Å². The second kappa shape index (κ2) is 11.4. The van der Waals surface area contributed by atoms with E-state index in [1.54, 1.807) is 0 Å². The maximum atomic E-state index is 11.9. The number of hydrogen-bond donors (Lipinski definition) is 1. The zero-order valence-electron chi connectivity index (χ0n) is 18.1. The minimum Gasteiger partial charge on any atom is -0.484 e. The highest BCUT2D eigenvalue weighted by Crippen LogP contribution is 2.20. The monoisotopic (exact) mass is 407 g/mol. The average molecular weight is 408 g/mol. The molecule has 1 aromatic heterocycles. The Morgan fingerprint density at radius 3 is 2.63 bits per heavy atom. The lowest BCUT2D eigenvalue weighted by Crippen LogP contribution is -2.29. The number of amides is 1. The van der Waals surface area contributed by atoms with Gasteiger partial charge in [0.1, 0.15) is 11.6 Å². The topological polar surface area (TPSA) is 56.2 Å². The van der Waals surface area contributed by atoms with Crippen LogP contribution in [0.1, 0.15) is 45.4 Å². The van der Waals surface area contributed by atoms with Gasteiger partial charge in [-0.3, -0.25) is 4.79 Å². The molecule has 5 heteroatoms. The quantitative estimate of drug-likeness (QED) is 0.430. The molecule has 0 saturated heterocycles. The number of aryl methyl sites for hydroxylation is 1. The molecule has 1 unspecified atom stereocenters. The summed E-state index contributed by atoms with van der Waals surface area (Å²) < 4.78 is 7.86. The number of carbonyl (C=O) groups excluding carboxylic acids is 1. The van der Waals surface area contributed by atoms with Gasteiger partial charge in [-0.1, -0.05) is 57.0 Å². The van der Waals surface area contributed by atoms with Crippen molar-refractivity contribution in [2.75, 3.05) is 13.2 Å². The maximum absolute atomic E-state index is 11.9. The molecular weight excluding hydrogens is 374 g/mol. The summed E-state index contributed by atoms with van der Waals surface area (Å²) in [6, 6.07) is 17.8. The standard InChI is InChI=1S/C25H33N3O2/c1-3-20(2)18-28-23-15-10-9-14-22(23)27-24(28)16-8-5-11-17-26-25(29)19-30-21-12-6-4-7-13-21/h4,6-7,9-10,12-15,20H,3,5,8,11,16-19H2,1-2H3,(H,26,29). The fourth-order valence-corrected chi connectivity index (χ4v) is 3.49. The van der Waals surface area contributed by atoms with Gasteiger partial charge in [-0.25, -0.2) is 4.98 Å². The van der Waals surface area contributed by atoms with Crippen LogP contribution in [0.5, 0.6) is 5.75 Å². The van der Waals surface area contributed by atoms with Crippen LogP contribution in [0, 0.1) is 5.92 Å². The van der Waals surface area contributed by atoms with E-state index in [1.165, 1.54) is 17.8 Å². The zero-order chi connectivity index (χ0) is 21.2. The summed E-state index contributed by atoms with van der Waals surface area (Å²) >= 11 is 0. The molecule has 1 heterocycles. The van der Waals surface area contributed by atoms with Crippen LogP contribution in [0.4, 0.5) is 0 Å². The summed E-state index contributed by atoms with van der Waals surface area (Å²) in [6.45, 7) is 6.29. The smallest absolute Gasteiger partial charge is 0.257 e. The van der Waals surface area contributed by atoms with Crippen LogP contribution in [-0.4, -0.2) is 28.6 Å². The fraction of sp³-hybridized carbons (Fsp3) is 0.440. The third kappa shape index (κ3) is 6.34. The van der Waals surface area contributed by atoms with Crippen molar-refractivity contribution in [3.05, 3.63) is 60.4 Å². The second-order valence-corrected chi connectivity index (χ2v) is 7.90. The van der Waals surface area contributed by atoms with Gasteiger partial charge in [-0.15, -0.1) is 0 Å². The van der Waals surface area contributed by atoms with E-state index < -0.39 is 0 Å². The van der Waals surface area contributed by atoms with Crippen LogP contribution >= 0.6 is 0 Å². The molecule has 0 aliphatic heterocycles. The van der Waals surface area contributed by atoms with Crippen molar-refractivity contribution in [1.82, 2.24) is 14.9 Å². The summed E-state index contributed by atoms with van der Waals surface area (Å²) in [5, 5.41) is 2.93. The summed E-state index contributed by atoms with van der Waals surface area (Å²) in [7, 11) is 0. The maximum Gasteiger partial charge on any atom is 0.257 e. The summed E-state index contributed by atoms with van der Waals surface area (Å²) in [5.41, 5.74) is 2.32. The fourth-order valence-electron chi connectivity index (χ4n) is 3.49. The Bertz CT molecular complexity index is 921. The highest BCUT2D eigenvalue weighted by molar-refractivity contribution is 5.77. The van der Waals surface area contributed by atoms with E-state index in [-0.39, 0.29) is 12.5 Å². The molecule has 30 heavy (non-hydrogen) atoms. The van der Waals surface area contributed by atoms with Gasteiger partial charge in [0.2, 0.25) is 0 Å². The Hall–Kier alpha value is -2.82. The van der Waals surface area contributed by atoms with Crippen LogP contribution in [0.25, 0.3) is 11.0 Å². The lowest BCUT2D eigenvalue weighted by Gasteiger charge is -2.14.